The van der Waals surface area contributed by atoms with Crippen LogP contribution in [0.25, 0.3) is 0 Å². The molecule has 0 spiro atoms. The van der Waals surface area contributed by atoms with Crippen LogP contribution in [0.4, 0.5) is 0 Å². The second-order valence-electron chi connectivity index (χ2n) is 4.52. The second-order valence-corrected chi connectivity index (χ2v) is 8.28. The van der Waals surface area contributed by atoms with Crippen LogP contribution in [0.2, 0.25) is 0 Å². The van der Waals surface area contributed by atoms with E-state index in [1.54, 1.807) is 0 Å². The average Bonchev–Trinajstić information content (AvgIpc) is 1.95. The molecule has 1 rings (SSSR count). The van der Waals surface area contributed by atoms with E-state index in [1.165, 1.54) is 4.91 Å². The normalized spacial score (nSPS) is 34.5. The van der Waals surface area contributed by atoms with E-state index in [2.05, 4.69) is 44.5 Å². The van der Waals surface area contributed by atoms with Crippen molar-refractivity contribution in [3.05, 3.63) is 23.8 Å². The molecule has 0 amide bonds. The van der Waals surface area contributed by atoms with E-state index < -0.39 is 10.2 Å². The molecule has 0 saturated heterocycles. The molecule has 3 heteroatoms. The molecule has 0 aromatic heterocycles. The van der Waals surface area contributed by atoms with Gasteiger partial charge in [0.15, 0.2) is 0 Å². The molecule has 1 atom stereocenters. The van der Waals surface area contributed by atoms with Crippen molar-refractivity contribution in [2.24, 2.45) is 0 Å². The first kappa shape index (κ1) is 10.7. The molecule has 1 aliphatic rings. The zero-order valence-corrected chi connectivity index (χ0v) is 10.0. The van der Waals surface area contributed by atoms with Crippen LogP contribution in [0.15, 0.2) is 23.8 Å². The van der Waals surface area contributed by atoms with Crippen molar-refractivity contribution in [1.82, 2.24) is 9.84 Å². The van der Waals surface area contributed by atoms with Gasteiger partial charge in [-0.15, -0.1) is 10.2 Å². The number of hydrogen-bond acceptors (Lipinski definition) is 2. The Morgan fingerprint density at radius 3 is 2.38 bits per heavy atom. The molecule has 1 N–H and O–H groups in total. The van der Waals surface area contributed by atoms with Gasteiger partial charge in [0.1, 0.15) is 0 Å². The molecule has 1 unspecified atom stereocenters. The zero-order chi connectivity index (χ0) is 10.3. The molecule has 0 radical (unpaired) electrons. The van der Waals surface area contributed by atoms with Gasteiger partial charge in [-0.3, -0.25) is 0 Å². The maximum atomic E-state index is 4.13. The summed E-state index contributed by atoms with van der Waals surface area (Å²) in [5.74, 6) is 0. The minimum absolute atomic E-state index is 0.239. The van der Waals surface area contributed by atoms with Crippen LogP contribution in [0.5, 0.6) is 0 Å². The third-order valence-electron chi connectivity index (χ3n) is 2.56. The number of nitrogens with one attached hydrogen (secondary N) is 1. The van der Waals surface area contributed by atoms with Crippen LogP contribution in [-0.2, 0) is 0 Å². The Morgan fingerprint density at radius 2 is 2.00 bits per heavy atom. The van der Waals surface area contributed by atoms with Crippen LogP contribution in [0, 0.1) is 0 Å². The highest BCUT2D eigenvalue weighted by Crippen LogP contribution is 2.59. The summed E-state index contributed by atoms with van der Waals surface area (Å²) in [7, 11) is 1.04. The second kappa shape index (κ2) is 3.07. The summed E-state index contributed by atoms with van der Waals surface area (Å²) in [5.41, 5.74) is 0. The van der Waals surface area contributed by atoms with Crippen molar-refractivity contribution < 1.29 is 0 Å². The van der Waals surface area contributed by atoms with E-state index in [0.717, 1.165) is 0 Å². The Bertz CT molecular complexity index is 252. The molecule has 2 nitrogen and oxygen atoms in total. The van der Waals surface area contributed by atoms with E-state index in [1.807, 2.05) is 18.3 Å². The van der Waals surface area contributed by atoms with Gasteiger partial charge in [0.25, 0.3) is 0 Å². The highest BCUT2D eigenvalue weighted by molar-refractivity contribution is 8.35. The highest BCUT2D eigenvalue weighted by Gasteiger charge is 2.36. The van der Waals surface area contributed by atoms with E-state index in [9.17, 15) is 0 Å². The van der Waals surface area contributed by atoms with Gasteiger partial charge in [-0.05, 0) is 17.2 Å². The minimum atomic E-state index is -0.990. The molecule has 76 valence electrons. The molecule has 0 aliphatic carbocycles. The van der Waals surface area contributed by atoms with Crippen molar-refractivity contribution in [1.29, 1.82) is 0 Å². The third-order valence-corrected chi connectivity index (χ3v) is 6.85. The summed E-state index contributed by atoms with van der Waals surface area (Å²) >= 11 is 0. The van der Waals surface area contributed by atoms with Crippen molar-refractivity contribution in [3.63, 3.8) is 0 Å². The van der Waals surface area contributed by atoms with Gasteiger partial charge < -0.3 is 5.01 Å². The molecule has 0 fully saturated rings. The van der Waals surface area contributed by atoms with E-state index >= 15 is 0 Å². The average molecular weight is 200 g/mol. The summed E-state index contributed by atoms with van der Waals surface area (Å²) < 4.78 is 0.239. The fourth-order valence-electron chi connectivity index (χ4n) is 1.24. The Morgan fingerprint density at radius 1 is 1.46 bits per heavy atom. The number of allylic oxidation sites excluding steroid dienone is 1. The molecule has 13 heavy (non-hydrogen) atoms. The van der Waals surface area contributed by atoms with E-state index in [0.29, 0.717) is 0 Å². The van der Waals surface area contributed by atoms with E-state index in [-0.39, 0.29) is 4.75 Å². The first-order chi connectivity index (χ1) is 5.77. The van der Waals surface area contributed by atoms with Crippen LogP contribution < -0.4 is 4.83 Å². The lowest BCUT2D eigenvalue weighted by Gasteiger charge is -2.52. The molecule has 0 aromatic rings. The minimum Gasteiger partial charge on any atom is -0.310 e. The first-order valence-electron chi connectivity index (χ1n) is 4.43. The fraction of sp³-hybridized carbons (Fsp3) is 0.600. The van der Waals surface area contributed by atoms with Crippen LogP contribution >= 0.6 is 10.2 Å². The lowest BCUT2D eigenvalue weighted by molar-refractivity contribution is 0.420. The summed E-state index contributed by atoms with van der Waals surface area (Å²) in [6.45, 7) is 10.9. The summed E-state index contributed by atoms with van der Waals surface area (Å²) in [6.07, 6.45) is 6.40. The number of hydrogen-bond donors (Lipinski definition) is 1. The lowest BCUT2D eigenvalue weighted by atomic mass is 10.3. The van der Waals surface area contributed by atoms with Gasteiger partial charge >= 0.3 is 0 Å². The molecule has 0 saturated carbocycles. The SMILES string of the molecule is C=C1C=CN(C)NS1(C)C(C)(C)C. The van der Waals surface area contributed by atoms with Crippen molar-refractivity contribution in [2.75, 3.05) is 13.3 Å². The summed E-state index contributed by atoms with van der Waals surface area (Å²) in [5, 5.41) is 2.02. The Hall–Kier alpha value is -0.410. The predicted octanol–water partition coefficient (Wildman–Crippen LogP) is 2.61. The summed E-state index contributed by atoms with van der Waals surface area (Å²) in [6, 6.07) is 0. The molecule has 1 heterocycles. The van der Waals surface area contributed by atoms with Gasteiger partial charge in [0.05, 0.1) is 0 Å². The topological polar surface area (TPSA) is 15.3 Å². The van der Waals surface area contributed by atoms with Gasteiger partial charge in [-0.1, -0.05) is 27.4 Å². The fourth-order valence-corrected chi connectivity index (χ4v) is 3.39. The van der Waals surface area contributed by atoms with Gasteiger partial charge in [0, 0.05) is 18.0 Å². The maximum absolute atomic E-state index is 4.13. The van der Waals surface area contributed by atoms with Crippen LogP contribution in [0.3, 0.4) is 0 Å². The first-order valence-corrected chi connectivity index (χ1v) is 6.47. The quantitative estimate of drug-likeness (QED) is 0.646. The van der Waals surface area contributed by atoms with Gasteiger partial charge in [-0.2, -0.15) is 4.83 Å². The van der Waals surface area contributed by atoms with Gasteiger partial charge in [0.2, 0.25) is 0 Å². The third kappa shape index (κ3) is 1.76. The number of rotatable bonds is 0. The molecule has 0 aromatic carbocycles. The molecular formula is C10H20N2S. The smallest absolute Gasteiger partial charge is 0.0234 e. The van der Waals surface area contributed by atoms with Crippen molar-refractivity contribution in [2.45, 2.75) is 25.5 Å². The van der Waals surface area contributed by atoms with Crippen LogP contribution in [-0.4, -0.2) is 23.1 Å². The molecular weight excluding hydrogens is 180 g/mol. The zero-order valence-electron chi connectivity index (χ0n) is 9.22. The van der Waals surface area contributed by atoms with E-state index in [4.69, 9.17) is 0 Å². The predicted molar refractivity (Wildman–Crippen MR) is 62.4 cm³/mol. The van der Waals surface area contributed by atoms with Crippen molar-refractivity contribution >= 4 is 10.2 Å². The maximum Gasteiger partial charge on any atom is 0.0234 e. The molecule has 1 aliphatic heterocycles. The number of nitrogens with zero attached hydrogens (tertiary/aromatic N) is 1. The Labute approximate surface area is 83.1 Å². The Balaban J connectivity index is 3.03. The summed E-state index contributed by atoms with van der Waals surface area (Å²) in [4.78, 5) is 4.73. The van der Waals surface area contributed by atoms with Gasteiger partial charge in [-0.25, -0.2) is 0 Å². The monoisotopic (exact) mass is 200 g/mol. The standard InChI is InChI=1S/C10H20N2S/c1-9-7-8-12(5)11-13(9,6)10(2,3)4/h7-8,11H,1H2,2-6H3. The Kier molecular flexibility index (Phi) is 2.52. The number of hydrazine groups is 1. The largest absolute Gasteiger partial charge is 0.310 e. The van der Waals surface area contributed by atoms with Crippen LogP contribution in [0.1, 0.15) is 20.8 Å². The van der Waals surface area contributed by atoms with Crippen molar-refractivity contribution in [3.8, 4) is 0 Å². The lowest BCUT2D eigenvalue weighted by Crippen LogP contribution is -2.43. The highest BCUT2D eigenvalue weighted by atomic mass is 32.3. The molecule has 0 bridgehead atoms.